The van der Waals surface area contributed by atoms with E-state index in [9.17, 15) is 9.90 Å². The van der Waals surface area contributed by atoms with E-state index in [1.807, 2.05) is 0 Å². The molecule has 1 aliphatic heterocycles. The van der Waals surface area contributed by atoms with Gasteiger partial charge in [0.15, 0.2) is 0 Å². The molecule has 0 aromatic rings. The zero-order chi connectivity index (χ0) is 13.2. The Balaban J connectivity index is 2.22. The summed E-state index contributed by atoms with van der Waals surface area (Å²) < 4.78 is 0. The zero-order valence-electron chi connectivity index (χ0n) is 11.6. The summed E-state index contributed by atoms with van der Waals surface area (Å²) in [5.41, 5.74) is -0.613. The van der Waals surface area contributed by atoms with Gasteiger partial charge < -0.3 is 10.4 Å². The van der Waals surface area contributed by atoms with E-state index in [0.717, 1.165) is 51.9 Å². The number of nitrogens with one attached hydrogen (secondary N) is 1. The molecule has 3 unspecified atom stereocenters. The molecule has 0 aromatic carbocycles. The highest BCUT2D eigenvalue weighted by Gasteiger charge is 2.50. The Morgan fingerprint density at radius 3 is 2.78 bits per heavy atom. The minimum absolute atomic E-state index is 0.247. The number of carboxylic acid groups (broad SMARTS) is 1. The molecule has 4 nitrogen and oxygen atoms in total. The molecule has 2 N–H and O–H groups in total. The number of carboxylic acids is 1. The van der Waals surface area contributed by atoms with E-state index in [1.54, 1.807) is 0 Å². The first-order chi connectivity index (χ1) is 8.57. The lowest BCUT2D eigenvalue weighted by molar-refractivity contribution is -0.159. The minimum atomic E-state index is -0.613. The van der Waals surface area contributed by atoms with Crippen LogP contribution >= 0.6 is 0 Å². The van der Waals surface area contributed by atoms with Crippen molar-refractivity contribution in [3.63, 3.8) is 0 Å². The first-order valence-corrected chi connectivity index (χ1v) is 7.26. The maximum atomic E-state index is 11.9. The number of nitrogens with zero attached hydrogens (tertiary/aromatic N) is 1. The van der Waals surface area contributed by atoms with E-state index in [2.05, 4.69) is 24.1 Å². The molecule has 1 aliphatic carbocycles. The third-order valence-corrected chi connectivity index (χ3v) is 4.86. The summed E-state index contributed by atoms with van der Waals surface area (Å²) in [6, 6.07) is 0. The number of rotatable bonds is 2. The van der Waals surface area contributed by atoms with Gasteiger partial charge in [-0.3, -0.25) is 9.69 Å². The Hall–Kier alpha value is -0.610. The summed E-state index contributed by atoms with van der Waals surface area (Å²) in [6.45, 7) is 8.08. The molecular formula is C14H26N2O2. The Kier molecular flexibility index (Phi) is 4.28. The minimum Gasteiger partial charge on any atom is -0.480 e. The van der Waals surface area contributed by atoms with Crippen molar-refractivity contribution in [1.82, 2.24) is 10.2 Å². The molecule has 1 saturated carbocycles. The van der Waals surface area contributed by atoms with E-state index >= 15 is 0 Å². The summed E-state index contributed by atoms with van der Waals surface area (Å²) in [7, 11) is 0. The summed E-state index contributed by atoms with van der Waals surface area (Å²) in [4.78, 5) is 14.2. The lowest BCUT2D eigenvalue weighted by atomic mass is 9.69. The van der Waals surface area contributed by atoms with Gasteiger partial charge in [0.05, 0.1) is 0 Å². The Labute approximate surface area is 110 Å². The van der Waals surface area contributed by atoms with Crippen LogP contribution in [0.4, 0.5) is 0 Å². The van der Waals surface area contributed by atoms with Gasteiger partial charge in [-0.1, -0.05) is 13.8 Å². The van der Waals surface area contributed by atoms with E-state index in [1.165, 1.54) is 0 Å². The molecule has 0 spiro atoms. The van der Waals surface area contributed by atoms with Crippen LogP contribution < -0.4 is 5.32 Å². The van der Waals surface area contributed by atoms with Crippen LogP contribution in [-0.4, -0.2) is 47.7 Å². The maximum absolute atomic E-state index is 11.9. The molecule has 18 heavy (non-hydrogen) atoms. The van der Waals surface area contributed by atoms with E-state index in [4.69, 9.17) is 0 Å². The lowest BCUT2D eigenvalue weighted by Gasteiger charge is -2.48. The van der Waals surface area contributed by atoms with Crippen molar-refractivity contribution in [3.05, 3.63) is 0 Å². The molecule has 2 rings (SSSR count). The molecular weight excluding hydrogens is 228 g/mol. The quantitative estimate of drug-likeness (QED) is 0.785. The van der Waals surface area contributed by atoms with Crippen LogP contribution in [0.5, 0.6) is 0 Å². The highest BCUT2D eigenvalue weighted by Crippen LogP contribution is 2.41. The van der Waals surface area contributed by atoms with Crippen LogP contribution in [-0.2, 0) is 4.79 Å². The fraction of sp³-hybridized carbons (Fsp3) is 0.929. The highest BCUT2D eigenvalue weighted by molar-refractivity contribution is 5.79. The van der Waals surface area contributed by atoms with Crippen molar-refractivity contribution in [2.45, 2.75) is 45.1 Å². The van der Waals surface area contributed by atoms with Gasteiger partial charge in [0.25, 0.3) is 0 Å². The Bertz CT molecular complexity index is 300. The molecule has 3 atom stereocenters. The maximum Gasteiger partial charge on any atom is 0.324 e. The number of hydrogen-bond donors (Lipinski definition) is 2. The summed E-state index contributed by atoms with van der Waals surface area (Å²) in [5, 5.41) is 13.2. The number of hydrogen-bond acceptors (Lipinski definition) is 3. The third-order valence-electron chi connectivity index (χ3n) is 4.86. The van der Waals surface area contributed by atoms with Crippen LogP contribution in [0.25, 0.3) is 0 Å². The fourth-order valence-corrected chi connectivity index (χ4v) is 3.80. The largest absolute Gasteiger partial charge is 0.480 e. The number of carbonyl (C=O) groups is 1. The predicted molar refractivity (Wildman–Crippen MR) is 71.6 cm³/mol. The Morgan fingerprint density at radius 1 is 1.33 bits per heavy atom. The second-order valence-corrected chi connectivity index (χ2v) is 6.10. The molecule has 2 aliphatic rings. The predicted octanol–water partition coefficient (Wildman–Crippen LogP) is 1.56. The van der Waals surface area contributed by atoms with Crippen molar-refractivity contribution in [2.24, 2.45) is 11.8 Å². The average molecular weight is 254 g/mol. The SMILES string of the molecule is CC1CCC(C(=O)O)(N2CCCNCC2)C(C)C1. The molecule has 0 aromatic heterocycles. The fourth-order valence-electron chi connectivity index (χ4n) is 3.80. The van der Waals surface area contributed by atoms with E-state index in [0.29, 0.717) is 5.92 Å². The van der Waals surface area contributed by atoms with Gasteiger partial charge >= 0.3 is 5.97 Å². The second-order valence-electron chi connectivity index (χ2n) is 6.10. The normalized spacial score (nSPS) is 39.2. The zero-order valence-corrected chi connectivity index (χ0v) is 11.6. The molecule has 4 heteroatoms. The van der Waals surface area contributed by atoms with Crippen LogP contribution in [0.15, 0.2) is 0 Å². The number of aliphatic carboxylic acids is 1. The van der Waals surface area contributed by atoms with Crippen molar-refractivity contribution in [2.75, 3.05) is 26.2 Å². The molecule has 0 radical (unpaired) electrons. The van der Waals surface area contributed by atoms with Crippen LogP contribution in [0.1, 0.15) is 39.5 Å². The van der Waals surface area contributed by atoms with Crippen molar-refractivity contribution in [1.29, 1.82) is 0 Å². The van der Waals surface area contributed by atoms with Gasteiger partial charge in [0.2, 0.25) is 0 Å². The molecule has 1 saturated heterocycles. The highest BCUT2D eigenvalue weighted by atomic mass is 16.4. The standard InChI is InChI=1S/C14H26N2O2/c1-11-4-5-14(13(17)18,12(2)10-11)16-8-3-6-15-7-9-16/h11-12,15H,3-10H2,1-2H3,(H,17,18). The van der Waals surface area contributed by atoms with Gasteiger partial charge in [-0.25, -0.2) is 0 Å². The van der Waals surface area contributed by atoms with Crippen molar-refractivity contribution in [3.8, 4) is 0 Å². The van der Waals surface area contributed by atoms with Crippen LogP contribution in [0, 0.1) is 11.8 Å². The van der Waals surface area contributed by atoms with Crippen LogP contribution in [0.3, 0.4) is 0 Å². The van der Waals surface area contributed by atoms with E-state index < -0.39 is 11.5 Å². The summed E-state index contributed by atoms with van der Waals surface area (Å²) >= 11 is 0. The molecule has 1 heterocycles. The first-order valence-electron chi connectivity index (χ1n) is 7.26. The molecule has 0 amide bonds. The van der Waals surface area contributed by atoms with Gasteiger partial charge in [-0.05, 0) is 44.1 Å². The van der Waals surface area contributed by atoms with Crippen LogP contribution in [0.2, 0.25) is 0 Å². The van der Waals surface area contributed by atoms with Crippen molar-refractivity contribution >= 4 is 5.97 Å². The Morgan fingerprint density at radius 2 is 2.11 bits per heavy atom. The van der Waals surface area contributed by atoms with Gasteiger partial charge in [0, 0.05) is 19.6 Å². The first kappa shape index (κ1) is 13.8. The lowest BCUT2D eigenvalue weighted by Crippen LogP contribution is -2.61. The second kappa shape index (κ2) is 5.57. The monoisotopic (exact) mass is 254 g/mol. The van der Waals surface area contributed by atoms with Gasteiger partial charge in [0.1, 0.15) is 5.54 Å². The van der Waals surface area contributed by atoms with Crippen molar-refractivity contribution < 1.29 is 9.90 Å². The summed E-state index contributed by atoms with van der Waals surface area (Å²) in [6.07, 6.45) is 3.94. The molecule has 104 valence electrons. The van der Waals surface area contributed by atoms with Gasteiger partial charge in [-0.2, -0.15) is 0 Å². The average Bonchev–Trinajstić information content (AvgIpc) is 2.58. The van der Waals surface area contributed by atoms with Gasteiger partial charge in [-0.15, -0.1) is 0 Å². The van der Waals surface area contributed by atoms with E-state index in [-0.39, 0.29) is 5.92 Å². The topological polar surface area (TPSA) is 52.6 Å². The molecule has 0 bridgehead atoms. The molecule has 2 fully saturated rings. The smallest absolute Gasteiger partial charge is 0.324 e. The third kappa shape index (κ3) is 2.41. The summed E-state index contributed by atoms with van der Waals surface area (Å²) in [5.74, 6) is 0.304.